The van der Waals surface area contributed by atoms with E-state index in [0.717, 1.165) is 31.2 Å². The van der Waals surface area contributed by atoms with Crippen LogP contribution in [0.4, 0.5) is 0 Å². The molecule has 3 rings (SSSR count). The molecule has 1 saturated carbocycles. The highest BCUT2D eigenvalue weighted by Gasteiger charge is 2.28. The second kappa shape index (κ2) is 8.31. The molecule has 1 atom stereocenters. The van der Waals surface area contributed by atoms with Gasteiger partial charge in [0.05, 0.1) is 16.5 Å². The first-order valence-electron chi connectivity index (χ1n) is 8.64. The Labute approximate surface area is 172 Å². The number of amides is 1. The smallest absolute Gasteiger partial charge is 0.252 e. The van der Waals surface area contributed by atoms with Gasteiger partial charge in [-0.25, -0.2) is 13.6 Å². The summed E-state index contributed by atoms with van der Waals surface area (Å²) in [5.41, 5.74) is 1.22. The molecule has 0 bridgehead atoms. The summed E-state index contributed by atoms with van der Waals surface area (Å²) >= 11 is 9.32. The first-order chi connectivity index (χ1) is 12.8. The van der Waals surface area contributed by atoms with Crippen molar-refractivity contribution in [2.45, 2.75) is 36.6 Å². The molecule has 0 radical (unpaired) electrons. The largest absolute Gasteiger partial charge is 0.345 e. The Balaban J connectivity index is 1.92. The van der Waals surface area contributed by atoms with E-state index in [1.807, 2.05) is 24.3 Å². The van der Waals surface area contributed by atoms with Crippen LogP contribution in [0.5, 0.6) is 0 Å². The average molecular weight is 472 g/mol. The third-order valence-corrected chi connectivity index (χ3v) is 6.75. The standard InChI is InChI=1S/C19H20BrClN2O3S/c20-17-10-9-15(27(22,25)26)11-16(17)19(24)23-18(12-3-1-2-4-12)13-5-7-14(21)8-6-13/h5-12,18H,1-4H2,(H,23,24)(H2,22,25,26). The van der Waals surface area contributed by atoms with Crippen LogP contribution in [-0.2, 0) is 10.0 Å². The molecule has 1 amide bonds. The first-order valence-corrected chi connectivity index (χ1v) is 11.4. The maximum atomic E-state index is 12.9. The molecular formula is C19H20BrClN2O3S. The van der Waals surface area contributed by atoms with Crippen molar-refractivity contribution >= 4 is 43.5 Å². The van der Waals surface area contributed by atoms with Gasteiger partial charge < -0.3 is 5.32 Å². The Morgan fingerprint density at radius 1 is 1.15 bits per heavy atom. The van der Waals surface area contributed by atoms with Crippen molar-refractivity contribution in [2.75, 3.05) is 0 Å². The van der Waals surface area contributed by atoms with Gasteiger partial charge in [0.15, 0.2) is 0 Å². The summed E-state index contributed by atoms with van der Waals surface area (Å²) in [4.78, 5) is 12.9. The molecule has 0 aliphatic heterocycles. The van der Waals surface area contributed by atoms with Gasteiger partial charge in [-0.3, -0.25) is 4.79 Å². The van der Waals surface area contributed by atoms with Gasteiger partial charge in [0, 0.05) is 9.50 Å². The second-order valence-corrected chi connectivity index (χ2v) is 9.59. The lowest BCUT2D eigenvalue weighted by molar-refractivity contribution is 0.0920. The lowest BCUT2D eigenvalue weighted by Gasteiger charge is -2.25. The molecule has 0 heterocycles. The summed E-state index contributed by atoms with van der Waals surface area (Å²) in [7, 11) is -3.89. The van der Waals surface area contributed by atoms with Crippen molar-refractivity contribution in [2.24, 2.45) is 11.1 Å². The zero-order valence-corrected chi connectivity index (χ0v) is 17.6. The van der Waals surface area contributed by atoms with Crippen molar-refractivity contribution in [3.05, 3.63) is 63.1 Å². The van der Waals surface area contributed by atoms with Crippen LogP contribution in [0, 0.1) is 5.92 Å². The molecule has 1 aliphatic rings. The van der Waals surface area contributed by atoms with Gasteiger partial charge in [0.25, 0.3) is 5.91 Å². The first kappa shape index (κ1) is 20.3. The molecule has 0 aromatic heterocycles. The highest BCUT2D eigenvalue weighted by Crippen LogP contribution is 2.36. The molecule has 0 saturated heterocycles. The van der Waals surface area contributed by atoms with Crippen LogP contribution in [0.25, 0.3) is 0 Å². The summed E-state index contributed by atoms with van der Waals surface area (Å²) in [5, 5.41) is 8.92. The van der Waals surface area contributed by atoms with E-state index in [1.54, 1.807) is 0 Å². The van der Waals surface area contributed by atoms with Gasteiger partial charge in [0.1, 0.15) is 0 Å². The van der Waals surface area contributed by atoms with E-state index in [2.05, 4.69) is 21.2 Å². The predicted molar refractivity (Wildman–Crippen MR) is 109 cm³/mol. The summed E-state index contributed by atoms with van der Waals surface area (Å²) < 4.78 is 23.8. The number of carbonyl (C=O) groups is 1. The van der Waals surface area contributed by atoms with Gasteiger partial charge in [-0.15, -0.1) is 0 Å². The molecule has 2 aromatic rings. The molecule has 1 fully saturated rings. The quantitative estimate of drug-likeness (QED) is 0.677. The summed E-state index contributed by atoms with van der Waals surface area (Å²) in [6, 6.07) is 11.5. The molecule has 2 aromatic carbocycles. The Morgan fingerprint density at radius 3 is 2.37 bits per heavy atom. The zero-order chi connectivity index (χ0) is 19.6. The lowest BCUT2D eigenvalue weighted by Crippen LogP contribution is -2.33. The van der Waals surface area contributed by atoms with E-state index in [0.29, 0.717) is 15.4 Å². The summed E-state index contributed by atoms with van der Waals surface area (Å²) in [6.45, 7) is 0. The van der Waals surface area contributed by atoms with Crippen LogP contribution in [0.15, 0.2) is 51.8 Å². The maximum absolute atomic E-state index is 12.9. The Bertz CT molecular complexity index is 942. The Kier molecular flexibility index (Phi) is 6.25. The molecular weight excluding hydrogens is 452 g/mol. The summed E-state index contributed by atoms with van der Waals surface area (Å²) in [6.07, 6.45) is 4.34. The maximum Gasteiger partial charge on any atom is 0.252 e. The topological polar surface area (TPSA) is 89.3 Å². The van der Waals surface area contributed by atoms with Crippen LogP contribution in [0.3, 0.4) is 0 Å². The number of benzene rings is 2. The van der Waals surface area contributed by atoms with Crippen molar-refractivity contribution < 1.29 is 13.2 Å². The van der Waals surface area contributed by atoms with Gasteiger partial charge in [-0.2, -0.15) is 0 Å². The van der Waals surface area contributed by atoms with Gasteiger partial charge >= 0.3 is 0 Å². The number of hydrogen-bond donors (Lipinski definition) is 2. The van der Waals surface area contributed by atoms with Gasteiger partial charge in [-0.1, -0.05) is 36.6 Å². The fourth-order valence-corrected chi connectivity index (χ4v) is 4.60. The Morgan fingerprint density at radius 2 is 1.78 bits per heavy atom. The van der Waals surface area contributed by atoms with E-state index < -0.39 is 10.0 Å². The highest BCUT2D eigenvalue weighted by molar-refractivity contribution is 9.10. The van der Waals surface area contributed by atoms with Gasteiger partial charge in [-0.05, 0) is 70.6 Å². The fourth-order valence-electron chi connectivity index (χ4n) is 3.51. The van der Waals surface area contributed by atoms with Crippen molar-refractivity contribution in [1.82, 2.24) is 5.32 Å². The number of halogens is 2. The van der Waals surface area contributed by atoms with E-state index in [9.17, 15) is 13.2 Å². The average Bonchev–Trinajstić information content (AvgIpc) is 3.14. The number of sulfonamides is 1. The van der Waals surface area contributed by atoms with Crippen LogP contribution >= 0.6 is 27.5 Å². The second-order valence-electron chi connectivity index (χ2n) is 6.73. The van der Waals surface area contributed by atoms with E-state index in [4.69, 9.17) is 16.7 Å². The molecule has 3 N–H and O–H groups in total. The van der Waals surface area contributed by atoms with E-state index >= 15 is 0 Å². The third-order valence-electron chi connectivity index (χ3n) is 4.90. The molecule has 1 unspecified atom stereocenters. The SMILES string of the molecule is NS(=O)(=O)c1ccc(Br)c(C(=O)NC(c2ccc(Cl)cc2)C2CCCC2)c1. The molecule has 1 aliphatic carbocycles. The number of nitrogens with one attached hydrogen (secondary N) is 1. The third kappa shape index (κ3) is 4.90. The van der Waals surface area contributed by atoms with Crippen LogP contribution < -0.4 is 10.5 Å². The van der Waals surface area contributed by atoms with Crippen LogP contribution in [0.2, 0.25) is 5.02 Å². The van der Waals surface area contributed by atoms with Crippen LogP contribution in [0.1, 0.15) is 47.6 Å². The minimum atomic E-state index is -3.89. The normalized spacial score (nSPS) is 16.3. The number of nitrogens with two attached hydrogens (primary N) is 1. The van der Waals surface area contributed by atoms with E-state index in [-0.39, 0.29) is 22.4 Å². The van der Waals surface area contributed by atoms with Crippen molar-refractivity contribution in [3.63, 3.8) is 0 Å². The number of hydrogen-bond acceptors (Lipinski definition) is 3. The lowest BCUT2D eigenvalue weighted by atomic mass is 9.91. The Hall–Kier alpha value is -1.41. The number of primary sulfonamides is 1. The molecule has 8 heteroatoms. The fraction of sp³-hybridized carbons (Fsp3) is 0.316. The number of rotatable bonds is 5. The predicted octanol–water partition coefficient (Wildman–Crippen LogP) is 4.41. The van der Waals surface area contributed by atoms with Crippen molar-refractivity contribution in [1.29, 1.82) is 0 Å². The number of carbonyl (C=O) groups excluding carboxylic acids is 1. The molecule has 0 spiro atoms. The van der Waals surface area contributed by atoms with E-state index in [1.165, 1.54) is 18.2 Å². The summed E-state index contributed by atoms with van der Waals surface area (Å²) in [5.74, 6) is -0.0189. The molecule has 27 heavy (non-hydrogen) atoms. The van der Waals surface area contributed by atoms with Gasteiger partial charge in [0.2, 0.25) is 10.0 Å². The van der Waals surface area contributed by atoms with Crippen LogP contribution in [-0.4, -0.2) is 14.3 Å². The zero-order valence-electron chi connectivity index (χ0n) is 14.5. The minimum absolute atomic E-state index is 0.0974. The molecule has 144 valence electrons. The highest BCUT2D eigenvalue weighted by atomic mass is 79.9. The monoisotopic (exact) mass is 470 g/mol. The minimum Gasteiger partial charge on any atom is -0.345 e. The molecule has 5 nitrogen and oxygen atoms in total. The van der Waals surface area contributed by atoms with Crippen molar-refractivity contribution in [3.8, 4) is 0 Å².